The van der Waals surface area contributed by atoms with Crippen molar-refractivity contribution in [2.75, 3.05) is 38.6 Å². The summed E-state index contributed by atoms with van der Waals surface area (Å²) in [4.78, 5) is 0. The van der Waals surface area contributed by atoms with Crippen LogP contribution in [0.15, 0.2) is 0 Å². The second-order valence-electron chi connectivity index (χ2n) is 5.45. The number of rotatable bonds is 6. The molecule has 0 saturated carbocycles. The van der Waals surface area contributed by atoms with Crippen LogP contribution in [0.1, 0.15) is 32.6 Å². The SMILES string of the molecule is CCOCCS(=O)(=O)N1CCC(C2CCCN2)CC1.Cl. The molecule has 2 aliphatic rings. The zero-order valence-electron chi connectivity index (χ0n) is 12.2. The molecule has 0 aromatic carbocycles. The fourth-order valence-corrected chi connectivity index (χ4v) is 4.46. The molecule has 120 valence electrons. The summed E-state index contributed by atoms with van der Waals surface area (Å²) in [6.45, 7) is 5.24. The van der Waals surface area contributed by atoms with Gasteiger partial charge in [0.25, 0.3) is 0 Å². The lowest BCUT2D eigenvalue weighted by molar-refractivity contribution is 0.161. The fraction of sp³-hybridized carbons (Fsp3) is 1.00. The van der Waals surface area contributed by atoms with E-state index >= 15 is 0 Å². The van der Waals surface area contributed by atoms with E-state index in [0.717, 1.165) is 19.4 Å². The molecule has 0 aliphatic carbocycles. The zero-order valence-corrected chi connectivity index (χ0v) is 13.8. The van der Waals surface area contributed by atoms with E-state index in [1.165, 1.54) is 12.8 Å². The molecular weight excluding hydrogens is 300 g/mol. The van der Waals surface area contributed by atoms with E-state index in [1.54, 1.807) is 4.31 Å². The summed E-state index contributed by atoms with van der Waals surface area (Å²) in [5.41, 5.74) is 0. The Morgan fingerprint density at radius 3 is 2.50 bits per heavy atom. The van der Waals surface area contributed by atoms with Gasteiger partial charge in [-0.15, -0.1) is 12.4 Å². The third-order valence-electron chi connectivity index (χ3n) is 4.25. The Hall–Kier alpha value is 0.120. The second kappa shape index (κ2) is 8.54. The molecule has 2 saturated heterocycles. The monoisotopic (exact) mass is 326 g/mol. The van der Waals surface area contributed by atoms with Crippen LogP contribution in [0, 0.1) is 5.92 Å². The number of sulfonamides is 1. The Balaban J connectivity index is 0.00000200. The molecular formula is C13H27ClN2O3S. The molecule has 2 heterocycles. The van der Waals surface area contributed by atoms with Gasteiger partial charge in [0, 0.05) is 25.7 Å². The summed E-state index contributed by atoms with van der Waals surface area (Å²) >= 11 is 0. The van der Waals surface area contributed by atoms with Crippen molar-refractivity contribution >= 4 is 22.4 Å². The normalized spacial score (nSPS) is 25.6. The third kappa shape index (κ3) is 4.84. The molecule has 2 fully saturated rings. The lowest BCUT2D eigenvalue weighted by atomic mass is 9.89. The highest BCUT2D eigenvalue weighted by Gasteiger charge is 2.32. The average molecular weight is 327 g/mol. The third-order valence-corrected chi connectivity index (χ3v) is 6.08. The Morgan fingerprint density at radius 1 is 1.25 bits per heavy atom. The average Bonchev–Trinajstić information content (AvgIpc) is 2.93. The highest BCUT2D eigenvalue weighted by atomic mass is 35.5. The van der Waals surface area contributed by atoms with Gasteiger partial charge in [0.1, 0.15) is 0 Å². The summed E-state index contributed by atoms with van der Waals surface area (Å²) in [6.07, 6.45) is 4.50. The Labute approximate surface area is 128 Å². The van der Waals surface area contributed by atoms with E-state index in [1.807, 2.05) is 6.92 Å². The smallest absolute Gasteiger partial charge is 0.216 e. The summed E-state index contributed by atoms with van der Waals surface area (Å²) in [6, 6.07) is 0.619. The first kappa shape index (κ1) is 18.2. The van der Waals surface area contributed by atoms with Crippen LogP contribution < -0.4 is 5.32 Å². The summed E-state index contributed by atoms with van der Waals surface area (Å²) in [5.74, 6) is 0.772. The largest absolute Gasteiger partial charge is 0.381 e. The topological polar surface area (TPSA) is 58.6 Å². The van der Waals surface area contributed by atoms with E-state index in [4.69, 9.17) is 4.74 Å². The number of ether oxygens (including phenoxy) is 1. The van der Waals surface area contributed by atoms with Gasteiger partial charge in [0.05, 0.1) is 12.4 Å². The first-order valence-electron chi connectivity index (χ1n) is 7.42. The Morgan fingerprint density at radius 2 is 1.95 bits per heavy atom. The standard InChI is InChI=1S/C13H26N2O3S.ClH/c1-2-18-10-11-19(16,17)15-8-5-12(6-9-15)13-4-3-7-14-13;/h12-14H,2-11H2,1H3;1H. The van der Waals surface area contributed by atoms with Crippen LogP contribution in [-0.2, 0) is 14.8 Å². The number of halogens is 1. The lowest BCUT2D eigenvalue weighted by Gasteiger charge is -2.34. The van der Waals surface area contributed by atoms with E-state index < -0.39 is 10.0 Å². The lowest BCUT2D eigenvalue weighted by Crippen LogP contribution is -2.44. The predicted molar refractivity (Wildman–Crippen MR) is 82.8 cm³/mol. The molecule has 20 heavy (non-hydrogen) atoms. The maximum absolute atomic E-state index is 12.1. The molecule has 1 atom stereocenters. The number of hydrogen-bond donors (Lipinski definition) is 1. The highest BCUT2D eigenvalue weighted by Crippen LogP contribution is 2.26. The molecule has 0 radical (unpaired) electrons. The Kier molecular flexibility index (Phi) is 7.75. The van der Waals surface area contributed by atoms with Crippen molar-refractivity contribution in [3.8, 4) is 0 Å². The quantitative estimate of drug-likeness (QED) is 0.746. The van der Waals surface area contributed by atoms with Gasteiger partial charge >= 0.3 is 0 Å². The van der Waals surface area contributed by atoms with Crippen LogP contribution in [0.5, 0.6) is 0 Å². The minimum atomic E-state index is -3.11. The van der Waals surface area contributed by atoms with Crippen molar-refractivity contribution < 1.29 is 13.2 Å². The molecule has 0 aromatic heterocycles. The maximum atomic E-state index is 12.1. The molecule has 0 spiro atoms. The van der Waals surface area contributed by atoms with Gasteiger partial charge in [-0.1, -0.05) is 0 Å². The van der Waals surface area contributed by atoms with Gasteiger partial charge in [-0.25, -0.2) is 12.7 Å². The zero-order chi connectivity index (χ0) is 13.7. The number of hydrogen-bond acceptors (Lipinski definition) is 4. The molecule has 0 bridgehead atoms. The van der Waals surface area contributed by atoms with Gasteiger partial charge in [0.15, 0.2) is 0 Å². The minimum Gasteiger partial charge on any atom is -0.381 e. The van der Waals surface area contributed by atoms with Gasteiger partial charge in [-0.3, -0.25) is 0 Å². The van der Waals surface area contributed by atoms with Crippen molar-refractivity contribution in [2.24, 2.45) is 5.92 Å². The number of nitrogens with zero attached hydrogens (tertiary/aromatic N) is 1. The molecule has 1 N–H and O–H groups in total. The van der Waals surface area contributed by atoms with Crippen LogP contribution in [0.2, 0.25) is 0 Å². The fourth-order valence-electron chi connectivity index (χ4n) is 3.11. The first-order chi connectivity index (χ1) is 9.13. The van der Waals surface area contributed by atoms with E-state index in [-0.39, 0.29) is 18.2 Å². The second-order valence-corrected chi connectivity index (χ2v) is 7.54. The summed E-state index contributed by atoms with van der Waals surface area (Å²) in [7, 11) is -3.11. The molecule has 0 amide bonds. The van der Waals surface area contributed by atoms with Crippen molar-refractivity contribution in [3.05, 3.63) is 0 Å². The molecule has 2 aliphatic heterocycles. The Bertz CT molecular complexity index is 364. The molecule has 5 nitrogen and oxygen atoms in total. The van der Waals surface area contributed by atoms with Gasteiger partial charge in [-0.2, -0.15) is 0 Å². The molecule has 2 rings (SSSR count). The van der Waals surface area contributed by atoms with Crippen LogP contribution in [0.3, 0.4) is 0 Å². The van der Waals surface area contributed by atoms with Gasteiger partial charge in [-0.05, 0) is 45.1 Å². The van der Waals surface area contributed by atoms with Gasteiger partial charge < -0.3 is 10.1 Å². The van der Waals surface area contributed by atoms with Crippen LogP contribution in [0.25, 0.3) is 0 Å². The van der Waals surface area contributed by atoms with Crippen LogP contribution in [0.4, 0.5) is 0 Å². The molecule has 0 aromatic rings. The minimum absolute atomic E-state index is 0. The predicted octanol–water partition coefficient (Wildman–Crippen LogP) is 1.24. The van der Waals surface area contributed by atoms with Crippen molar-refractivity contribution in [2.45, 2.75) is 38.6 Å². The number of piperidine rings is 1. The first-order valence-corrected chi connectivity index (χ1v) is 9.03. The van der Waals surface area contributed by atoms with E-state index in [2.05, 4.69) is 5.32 Å². The molecule has 7 heteroatoms. The summed E-state index contributed by atoms with van der Waals surface area (Å²) in [5, 5.41) is 3.53. The van der Waals surface area contributed by atoms with Crippen LogP contribution in [-0.4, -0.2) is 57.4 Å². The van der Waals surface area contributed by atoms with Crippen molar-refractivity contribution in [3.63, 3.8) is 0 Å². The van der Waals surface area contributed by atoms with E-state index in [0.29, 0.717) is 38.3 Å². The van der Waals surface area contributed by atoms with E-state index in [9.17, 15) is 8.42 Å². The maximum Gasteiger partial charge on any atom is 0.216 e. The van der Waals surface area contributed by atoms with Gasteiger partial charge in [0.2, 0.25) is 10.0 Å². The number of nitrogens with one attached hydrogen (secondary N) is 1. The summed E-state index contributed by atoms with van der Waals surface area (Å²) < 4.78 is 31.0. The molecule has 1 unspecified atom stereocenters. The highest BCUT2D eigenvalue weighted by molar-refractivity contribution is 7.89. The van der Waals surface area contributed by atoms with Crippen molar-refractivity contribution in [1.82, 2.24) is 9.62 Å². The van der Waals surface area contributed by atoms with Crippen LogP contribution >= 0.6 is 12.4 Å². The van der Waals surface area contributed by atoms with Crippen molar-refractivity contribution in [1.29, 1.82) is 0 Å².